The molecule has 0 aliphatic heterocycles. The maximum Gasteiger partial charge on any atom is 0.224 e. The number of aryl methyl sites for hydroxylation is 2. The molecule has 19 heavy (non-hydrogen) atoms. The predicted octanol–water partition coefficient (Wildman–Crippen LogP) is 4.29. The Hall–Kier alpha value is -1.33. The lowest BCUT2D eigenvalue weighted by molar-refractivity contribution is 1.15. The molecule has 2 N–H and O–H groups in total. The second kappa shape index (κ2) is 5.75. The fourth-order valence-corrected chi connectivity index (χ4v) is 2.63. The number of halogens is 2. The predicted molar refractivity (Wildman–Crippen MR) is 83.5 cm³/mol. The minimum absolute atomic E-state index is 0.487. The summed E-state index contributed by atoms with van der Waals surface area (Å²) in [5.74, 6) is 1.12. The first kappa shape index (κ1) is 14.1. The quantitative estimate of drug-likeness (QED) is 0.874. The van der Waals surface area contributed by atoms with Gasteiger partial charge in [0.15, 0.2) is 5.82 Å². The Morgan fingerprint density at radius 1 is 1.21 bits per heavy atom. The van der Waals surface area contributed by atoms with E-state index in [1.165, 1.54) is 0 Å². The standard InChI is InChI=1S/C13H14BrClN4/c1-7-4-9(14)5-8(2)11(7)18-12-10(15)6-17-13(16-3)19-12/h4-6H,1-3H3,(H2,16,17,18,19). The third-order valence-corrected chi connectivity index (χ3v) is 3.44. The normalized spacial score (nSPS) is 10.4. The fourth-order valence-electron chi connectivity index (χ4n) is 1.80. The van der Waals surface area contributed by atoms with Crippen molar-refractivity contribution in [3.63, 3.8) is 0 Å². The Kier molecular flexibility index (Phi) is 4.27. The van der Waals surface area contributed by atoms with Crippen LogP contribution in [0.1, 0.15) is 11.1 Å². The molecule has 0 atom stereocenters. The van der Waals surface area contributed by atoms with Crippen molar-refractivity contribution in [2.24, 2.45) is 0 Å². The van der Waals surface area contributed by atoms with Gasteiger partial charge < -0.3 is 10.6 Å². The number of nitrogens with zero attached hydrogens (tertiary/aromatic N) is 2. The highest BCUT2D eigenvalue weighted by molar-refractivity contribution is 9.10. The van der Waals surface area contributed by atoms with Crippen LogP contribution in [0.3, 0.4) is 0 Å². The van der Waals surface area contributed by atoms with E-state index in [4.69, 9.17) is 11.6 Å². The Labute approximate surface area is 125 Å². The molecule has 0 aliphatic rings. The Balaban J connectivity index is 2.41. The van der Waals surface area contributed by atoms with Gasteiger partial charge in [0.1, 0.15) is 5.02 Å². The van der Waals surface area contributed by atoms with Crippen molar-refractivity contribution >= 4 is 45.0 Å². The van der Waals surface area contributed by atoms with Gasteiger partial charge in [0, 0.05) is 17.2 Å². The van der Waals surface area contributed by atoms with E-state index in [2.05, 4.69) is 36.5 Å². The molecule has 1 heterocycles. The first-order chi connectivity index (χ1) is 9.01. The molecule has 0 amide bonds. The van der Waals surface area contributed by atoms with Gasteiger partial charge in [-0.3, -0.25) is 0 Å². The van der Waals surface area contributed by atoms with Crippen LogP contribution in [0.15, 0.2) is 22.8 Å². The monoisotopic (exact) mass is 340 g/mol. The lowest BCUT2D eigenvalue weighted by atomic mass is 10.1. The average molecular weight is 342 g/mol. The highest BCUT2D eigenvalue weighted by Gasteiger charge is 2.09. The molecule has 2 aromatic rings. The average Bonchev–Trinajstić information content (AvgIpc) is 2.35. The van der Waals surface area contributed by atoms with Crippen LogP contribution in [-0.4, -0.2) is 17.0 Å². The Bertz CT molecular complexity index is 593. The van der Waals surface area contributed by atoms with Gasteiger partial charge in [0.05, 0.1) is 6.20 Å². The lowest BCUT2D eigenvalue weighted by Gasteiger charge is -2.14. The molecular formula is C13H14BrClN4. The molecule has 0 fully saturated rings. The van der Waals surface area contributed by atoms with Gasteiger partial charge in [-0.25, -0.2) is 4.98 Å². The van der Waals surface area contributed by atoms with Crippen LogP contribution in [0, 0.1) is 13.8 Å². The zero-order valence-corrected chi connectivity index (χ0v) is 13.2. The van der Waals surface area contributed by atoms with Gasteiger partial charge >= 0.3 is 0 Å². The highest BCUT2D eigenvalue weighted by atomic mass is 79.9. The number of aromatic nitrogens is 2. The van der Waals surface area contributed by atoms with Crippen LogP contribution in [0.4, 0.5) is 17.5 Å². The van der Waals surface area contributed by atoms with Crippen molar-refractivity contribution in [2.45, 2.75) is 13.8 Å². The summed E-state index contributed by atoms with van der Waals surface area (Å²) in [6.45, 7) is 4.07. The molecule has 0 aliphatic carbocycles. The van der Waals surface area contributed by atoms with Crippen LogP contribution >= 0.6 is 27.5 Å². The summed E-state index contributed by atoms with van der Waals surface area (Å²) in [6.07, 6.45) is 1.58. The summed E-state index contributed by atoms with van der Waals surface area (Å²) in [5.41, 5.74) is 3.24. The van der Waals surface area contributed by atoms with Crippen molar-refractivity contribution in [2.75, 3.05) is 17.7 Å². The minimum Gasteiger partial charge on any atom is -0.357 e. The minimum atomic E-state index is 0.487. The maximum absolute atomic E-state index is 6.11. The topological polar surface area (TPSA) is 49.8 Å². The van der Waals surface area contributed by atoms with Gasteiger partial charge in [-0.15, -0.1) is 0 Å². The number of hydrogen-bond acceptors (Lipinski definition) is 4. The molecule has 0 radical (unpaired) electrons. The van der Waals surface area contributed by atoms with Crippen LogP contribution in [0.25, 0.3) is 0 Å². The highest BCUT2D eigenvalue weighted by Crippen LogP contribution is 2.30. The molecule has 6 heteroatoms. The largest absolute Gasteiger partial charge is 0.357 e. The first-order valence-electron chi connectivity index (χ1n) is 5.75. The van der Waals surface area contributed by atoms with Gasteiger partial charge in [0.25, 0.3) is 0 Å². The second-order valence-electron chi connectivity index (χ2n) is 4.18. The number of hydrogen-bond donors (Lipinski definition) is 2. The van der Waals surface area contributed by atoms with E-state index in [1.807, 2.05) is 26.0 Å². The Morgan fingerprint density at radius 3 is 2.42 bits per heavy atom. The summed E-state index contributed by atoms with van der Waals surface area (Å²) in [7, 11) is 1.77. The van der Waals surface area contributed by atoms with Crippen molar-refractivity contribution in [3.8, 4) is 0 Å². The number of rotatable bonds is 3. The fraction of sp³-hybridized carbons (Fsp3) is 0.231. The summed E-state index contributed by atoms with van der Waals surface area (Å²) in [5, 5.41) is 6.64. The van der Waals surface area contributed by atoms with Crippen LogP contribution in [0.2, 0.25) is 5.02 Å². The van der Waals surface area contributed by atoms with Gasteiger partial charge in [-0.2, -0.15) is 4.98 Å². The summed E-state index contributed by atoms with van der Waals surface area (Å²) in [4.78, 5) is 8.37. The van der Waals surface area contributed by atoms with E-state index in [9.17, 15) is 0 Å². The van der Waals surface area contributed by atoms with E-state index >= 15 is 0 Å². The van der Waals surface area contributed by atoms with E-state index in [-0.39, 0.29) is 0 Å². The van der Waals surface area contributed by atoms with Crippen molar-refractivity contribution in [3.05, 3.63) is 39.0 Å². The van der Waals surface area contributed by atoms with E-state index in [0.717, 1.165) is 21.3 Å². The van der Waals surface area contributed by atoms with E-state index < -0.39 is 0 Å². The zero-order chi connectivity index (χ0) is 14.0. The van der Waals surface area contributed by atoms with Crippen LogP contribution in [-0.2, 0) is 0 Å². The molecule has 0 bridgehead atoms. The maximum atomic E-state index is 6.11. The van der Waals surface area contributed by atoms with E-state index in [1.54, 1.807) is 13.2 Å². The molecule has 0 saturated carbocycles. The smallest absolute Gasteiger partial charge is 0.224 e. The molecule has 2 rings (SSSR count). The number of nitrogens with one attached hydrogen (secondary N) is 2. The van der Waals surface area contributed by atoms with Crippen LogP contribution in [0.5, 0.6) is 0 Å². The molecule has 100 valence electrons. The van der Waals surface area contributed by atoms with Crippen molar-refractivity contribution < 1.29 is 0 Å². The number of benzene rings is 1. The van der Waals surface area contributed by atoms with Gasteiger partial charge in [-0.1, -0.05) is 27.5 Å². The molecule has 4 nitrogen and oxygen atoms in total. The third kappa shape index (κ3) is 3.16. The third-order valence-electron chi connectivity index (χ3n) is 2.71. The van der Waals surface area contributed by atoms with Crippen LogP contribution < -0.4 is 10.6 Å². The lowest BCUT2D eigenvalue weighted by Crippen LogP contribution is -2.03. The van der Waals surface area contributed by atoms with E-state index in [0.29, 0.717) is 16.8 Å². The summed E-state index contributed by atoms with van der Waals surface area (Å²) >= 11 is 9.59. The summed E-state index contributed by atoms with van der Waals surface area (Å²) in [6, 6.07) is 4.09. The molecular weight excluding hydrogens is 328 g/mol. The second-order valence-corrected chi connectivity index (χ2v) is 5.50. The molecule has 1 aromatic carbocycles. The van der Waals surface area contributed by atoms with Gasteiger partial charge in [0.2, 0.25) is 5.95 Å². The van der Waals surface area contributed by atoms with Gasteiger partial charge in [-0.05, 0) is 37.1 Å². The van der Waals surface area contributed by atoms with Crippen molar-refractivity contribution in [1.29, 1.82) is 0 Å². The molecule has 0 saturated heterocycles. The Morgan fingerprint density at radius 2 is 1.84 bits per heavy atom. The van der Waals surface area contributed by atoms with Crippen molar-refractivity contribution in [1.82, 2.24) is 9.97 Å². The summed E-state index contributed by atoms with van der Waals surface area (Å²) < 4.78 is 1.05. The first-order valence-corrected chi connectivity index (χ1v) is 6.92. The molecule has 0 unspecified atom stereocenters. The number of anilines is 3. The zero-order valence-electron chi connectivity index (χ0n) is 10.9. The SMILES string of the molecule is CNc1ncc(Cl)c(Nc2c(C)cc(Br)cc2C)n1. The molecule has 1 aromatic heterocycles. The molecule has 0 spiro atoms.